The zero-order valence-corrected chi connectivity index (χ0v) is 16.1. The van der Waals surface area contributed by atoms with Crippen molar-refractivity contribution in [1.82, 2.24) is 19.9 Å². The zero-order chi connectivity index (χ0) is 20.5. The lowest BCUT2D eigenvalue weighted by atomic mass is 10.1. The average Bonchev–Trinajstić information content (AvgIpc) is 3.22. The molecule has 2 atom stereocenters. The third-order valence-corrected chi connectivity index (χ3v) is 5.35. The number of likely N-dealkylation sites (tertiary alicyclic amines) is 1. The van der Waals surface area contributed by atoms with Crippen LogP contribution >= 0.6 is 0 Å². The number of benzene rings is 1. The van der Waals surface area contributed by atoms with Crippen LogP contribution in [0.15, 0.2) is 67.3 Å². The Kier molecular flexibility index (Phi) is 4.59. The Bertz CT molecular complexity index is 1080. The van der Waals surface area contributed by atoms with Crippen molar-refractivity contribution >= 4 is 17.5 Å². The number of aromatic nitrogens is 3. The normalized spacial score (nSPS) is 20.2. The minimum Gasteiger partial charge on any atom is -0.486 e. The highest BCUT2D eigenvalue weighted by molar-refractivity contribution is 6.03. The molecule has 0 aliphatic carbocycles. The Labute approximate surface area is 173 Å². The second-order valence-corrected chi connectivity index (χ2v) is 7.25. The number of fused-ring (bicyclic) bond motifs is 3. The Morgan fingerprint density at radius 1 is 1.07 bits per heavy atom. The van der Waals surface area contributed by atoms with Crippen molar-refractivity contribution in [3.05, 3.63) is 78.6 Å². The molecule has 0 N–H and O–H groups in total. The van der Waals surface area contributed by atoms with Gasteiger partial charge in [-0.3, -0.25) is 19.6 Å². The fourth-order valence-electron chi connectivity index (χ4n) is 3.97. The predicted molar refractivity (Wildman–Crippen MR) is 108 cm³/mol. The average molecular weight is 401 g/mol. The highest BCUT2D eigenvalue weighted by atomic mass is 16.5. The van der Waals surface area contributed by atoms with Crippen LogP contribution in [0, 0.1) is 0 Å². The van der Waals surface area contributed by atoms with Crippen molar-refractivity contribution in [3.63, 3.8) is 0 Å². The predicted octanol–water partition coefficient (Wildman–Crippen LogP) is 2.08. The molecule has 2 bridgehead atoms. The summed E-state index contributed by atoms with van der Waals surface area (Å²) in [6.45, 7) is 0.603. The van der Waals surface area contributed by atoms with E-state index in [1.165, 1.54) is 18.6 Å². The van der Waals surface area contributed by atoms with Gasteiger partial charge in [0.15, 0.2) is 0 Å². The maximum atomic E-state index is 13.7. The van der Waals surface area contributed by atoms with Gasteiger partial charge in [0.1, 0.15) is 23.6 Å². The molecule has 8 nitrogen and oxygen atoms in total. The van der Waals surface area contributed by atoms with E-state index in [0.29, 0.717) is 24.4 Å². The van der Waals surface area contributed by atoms with Gasteiger partial charge in [-0.15, -0.1) is 0 Å². The lowest BCUT2D eigenvalue weighted by Gasteiger charge is -2.31. The number of rotatable bonds is 3. The molecule has 2 amide bonds. The van der Waals surface area contributed by atoms with Gasteiger partial charge in [0, 0.05) is 25.0 Å². The third-order valence-electron chi connectivity index (χ3n) is 5.35. The number of para-hydroxylation sites is 2. The van der Waals surface area contributed by atoms with E-state index in [0.717, 1.165) is 5.69 Å². The first kappa shape index (κ1) is 18.2. The van der Waals surface area contributed by atoms with Crippen LogP contribution < -0.4 is 9.64 Å². The molecular formula is C22H19N5O3. The molecule has 0 spiro atoms. The van der Waals surface area contributed by atoms with Crippen LogP contribution in [0.3, 0.4) is 0 Å². The number of pyridine rings is 1. The summed E-state index contributed by atoms with van der Waals surface area (Å²) in [5.74, 6) is 0.145. The minimum atomic E-state index is -0.637. The molecule has 2 aliphatic heterocycles. The summed E-state index contributed by atoms with van der Waals surface area (Å²) in [4.78, 5) is 42.4. The molecule has 8 heteroatoms. The second-order valence-electron chi connectivity index (χ2n) is 7.25. The number of carbonyl (C=O) groups excluding carboxylic acids is 2. The van der Waals surface area contributed by atoms with Crippen molar-refractivity contribution in [3.8, 4) is 5.75 Å². The molecule has 0 saturated carbocycles. The summed E-state index contributed by atoms with van der Waals surface area (Å²) in [6, 6.07) is 12.4. The van der Waals surface area contributed by atoms with E-state index < -0.39 is 6.04 Å². The fraction of sp³-hybridized carbons (Fsp3) is 0.227. The molecule has 1 aromatic carbocycles. The molecule has 150 valence electrons. The molecule has 1 saturated heterocycles. The smallest absolute Gasteiger partial charge is 0.274 e. The summed E-state index contributed by atoms with van der Waals surface area (Å²) in [5.41, 5.74) is 1.64. The monoisotopic (exact) mass is 401 g/mol. The molecule has 1 fully saturated rings. The van der Waals surface area contributed by atoms with Gasteiger partial charge in [0.2, 0.25) is 5.91 Å². The topological polar surface area (TPSA) is 88.5 Å². The molecule has 2 aliphatic rings. The van der Waals surface area contributed by atoms with E-state index in [2.05, 4.69) is 15.0 Å². The van der Waals surface area contributed by atoms with Crippen molar-refractivity contribution in [2.45, 2.75) is 25.1 Å². The van der Waals surface area contributed by atoms with Crippen molar-refractivity contribution in [2.75, 3.05) is 11.4 Å². The number of amides is 2. The zero-order valence-electron chi connectivity index (χ0n) is 16.1. The van der Waals surface area contributed by atoms with Crippen LogP contribution in [0.4, 0.5) is 5.69 Å². The van der Waals surface area contributed by atoms with Crippen LogP contribution in [0.1, 0.15) is 22.6 Å². The van der Waals surface area contributed by atoms with Crippen LogP contribution in [-0.4, -0.2) is 50.4 Å². The molecule has 30 heavy (non-hydrogen) atoms. The van der Waals surface area contributed by atoms with Crippen LogP contribution in [-0.2, 0) is 11.3 Å². The second kappa shape index (κ2) is 7.55. The quantitative estimate of drug-likeness (QED) is 0.668. The van der Waals surface area contributed by atoms with Gasteiger partial charge in [-0.1, -0.05) is 18.2 Å². The van der Waals surface area contributed by atoms with E-state index in [-0.39, 0.29) is 30.2 Å². The molecule has 0 unspecified atom stereocenters. The first-order valence-electron chi connectivity index (χ1n) is 9.74. The van der Waals surface area contributed by atoms with Gasteiger partial charge in [-0.25, -0.2) is 4.98 Å². The van der Waals surface area contributed by atoms with E-state index in [1.807, 2.05) is 42.5 Å². The van der Waals surface area contributed by atoms with Crippen molar-refractivity contribution in [2.24, 2.45) is 0 Å². The maximum absolute atomic E-state index is 13.7. The Hall–Kier alpha value is -3.81. The summed E-state index contributed by atoms with van der Waals surface area (Å²) >= 11 is 0. The van der Waals surface area contributed by atoms with Gasteiger partial charge in [0.25, 0.3) is 5.91 Å². The van der Waals surface area contributed by atoms with Gasteiger partial charge < -0.3 is 14.5 Å². The van der Waals surface area contributed by atoms with E-state index in [9.17, 15) is 9.59 Å². The lowest BCUT2D eigenvalue weighted by Crippen LogP contribution is -2.48. The highest BCUT2D eigenvalue weighted by Gasteiger charge is 2.45. The van der Waals surface area contributed by atoms with Gasteiger partial charge in [0.05, 0.1) is 30.7 Å². The first-order chi connectivity index (χ1) is 14.7. The SMILES string of the molecule is O=C1[C@@H]2C[C@@H](CN2C(=O)c2cnccn2)Oc2ccccc2N1Cc1ccccn1. The fourth-order valence-corrected chi connectivity index (χ4v) is 3.97. The number of anilines is 1. The summed E-state index contributed by atoms with van der Waals surface area (Å²) in [6.07, 6.45) is 6.25. The first-order valence-corrected chi connectivity index (χ1v) is 9.74. The lowest BCUT2D eigenvalue weighted by molar-refractivity contribution is -0.122. The Morgan fingerprint density at radius 2 is 1.93 bits per heavy atom. The number of nitrogens with zero attached hydrogens (tertiary/aromatic N) is 5. The molecule has 5 rings (SSSR count). The van der Waals surface area contributed by atoms with Gasteiger partial charge in [-0.05, 0) is 24.3 Å². The van der Waals surface area contributed by atoms with Crippen molar-refractivity contribution < 1.29 is 14.3 Å². The minimum absolute atomic E-state index is 0.156. The number of ether oxygens (including phenoxy) is 1. The number of hydrogen-bond donors (Lipinski definition) is 0. The van der Waals surface area contributed by atoms with Crippen LogP contribution in [0.5, 0.6) is 5.75 Å². The Morgan fingerprint density at radius 3 is 2.73 bits per heavy atom. The molecule has 4 heterocycles. The van der Waals surface area contributed by atoms with Crippen LogP contribution in [0.2, 0.25) is 0 Å². The maximum Gasteiger partial charge on any atom is 0.274 e. The largest absolute Gasteiger partial charge is 0.486 e. The van der Waals surface area contributed by atoms with E-state index in [4.69, 9.17) is 4.74 Å². The van der Waals surface area contributed by atoms with Crippen LogP contribution in [0.25, 0.3) is 0 Å². The van der Waals surface area contributed by atoms with Crippen molar-refractivity contribution in [1.29, 1.82) is 0 Å². The summed E-state index contributed by atoms with van der Waals surface area (Å²) in [7, 11) is 0. The number of hydrogen-bond acceptors (Lipinski definition) is 6. The molecule has 0 radical (unpaired) electrons. The number of carbonyl (C=O) groups is 2. The summed E-state index contributed by atoms with van der Waals surface area (Å²) < 4.78 is 6.22. The van der Waals surface area contributed by atoms with Gasteiger partial charge in [-0.2, -0.15) is 0 Å². The standard InChI is InChI=1S/C22H19N5O3/c28-21(17-12-23-9-10-25-17)27-14-16-11-19(27)22(29)26(13-15-5-3-4-8-24-15)18-6-1-2-7-20(18)30-16/h1-10,12,16,19H,11,13-14H2/t16-,19-/m0/s1. The third kappa shape index (κ3) is 3.26. The van der Waals surface area contributed by atoms with E-state index in [1.54, 1.807) is 16.0 Å². The Balaban J connectivity index is 1.53. The molecule has 2 aromatic heterocycles. The van der Waals surface area contributed by atoms with Gasteiger partial charge >= 0.3 is 0 Å². The summed E-state index contributed by atoms with van der Waals surface area (Å²) in [5, 5.41) is 0. The molecular weight excluding hydrogens is 382 g/mol. The van der Waals surface area contributed by atoms with E-state index >= 15 is 0 Å². The highest BCUT2D eigenvalue weighted by Crippen LogP contribution is 2.37. The molecule has 3 aromatic rings.